The second-order valence-electron chi connectivity index (χ2n) is 4.42. The van der Waals surface area contributed by atoms with Crippen LogP contribution in [0.15, 0.2) is 0 Å². The van der Waals surface area contributed by atoms with E-state index in [2.05, 4.69) is 63.2 Å². The number of thioether (sulfide) groups is 2. The zero-order valence-electron chi connectivity index (χ0n) is 10.8. The van der Waals surface area contributed by atoms with Crippen LogP contribution in [-0.2, 0) is 8.37 Å². The van der Waals surface area contributed by atoms with E-state index in [-0.39, 0.29) is 33.1 Å². The summed E-state index contributed by atoms with van der Waals surface area (Å²) >= 11 is 12.0. The van der Waals surface area contributed by atoms with Crippen molar-refractivity contribution in [2.45, 2.75) is 51.9 Å². The summed E-state index contributed by atoms with van der Waals surface area (Å²) in [6.45, 7) is 4.17. The summed E-state index contributed by atoms with van der Waals surface area (Å²) in [5.74, 6) is 2.15. The van der Waals surface area contributed by atoms with E-state index in [4.69, 9.17) is 8.37 Å². The number of hydrogen-bond acceptors (Lipinski definition) is 6. The van der Waals surface area contributed by atoms with Crippen LogP contribution < -0.4 is 0 Å². The molecule has 1 fully saturated rings. The fourth-order valence-electron chi connectivity index (χ4n) is 1.55. The predicted octanol–water partition coefficient (Wildman–Crippen LogP) is 3.49. The van der Waals surface area contributed by atoms with Gasteiger partial charge in [0.05, 0.1) is 0 Å². The summed E-state index contributed by atoms with van der Waals surface area (Å²) in [4.78, 5) is 0. The van der Waals surface area contributed by atoms with Crippen molar-refractivity contribution in [3.63, 3.8) is 0 Å². The van der Waals surface area contributed by atoms with Crippen molar-refractivity contribution >= 4 is 70.3 Å². The van der Waals surface area contributed by atoms with E-state index >= 15 is 0 Å². The summed E-state index contributed by atoms with van der Waals surface area (Å²) in [6, 6.07) is 0. The SMILES string of the molecule is CC(CSC1CCCC(SCC(C)OS)[Te]1)OS. The normalized spacial score (nSPS) is 28.0. The second-order valence-corrected chi connectivity index (χ2v) is 13.2. The summed E-state index contributed by atoms with van der Waals surface area (Å²) in [6.07, 6.45) is 4.71. The number of hydrogen-bond donors (Lipinski definition) is 2. The molecule has 0 aromatic heterocycles. The molecule has 0 aromatic rings. The molecule has 0 aromatic carbocycles. The molecule has 0 saturated carbocycles. The molecular weight excluding hydrogens is 420 g/mol. The van der Waals surface area contributed by atoms with Crippen LogP contribution in [0.1, 0.15) is 33.1 Å². The Morgan fingerprint density at radius 2 is 1.50 bits per heavy atom. The fourth-order valence-corrected chi connectivity index (χ4v) is 11.5. The molecule has 0 bridgehead atoms. The van der Waals surface area contributed by atoms with Crippen molar-refractivity contribution in [2.24, 2.45) is 0 Å². The van der Waals surface area contributed by atoms with Crippen LogP contribution in [0.2, 0.25) is 0 Å². The first-order chi connectivity index (χ1) is 8.65. The summed E-state index contributed by atoms with van der Waals surface area (Å²) in [7, 11) is 0. The Hall–Kier alpha value is 2.11. The van der Waals surface area contributed by atoms with Crippen LogP contribution in [0.5, 0.6) is 0 Å². The molecule has 0 N–H and O–H groups in total. The standard InChI is InChI=1S/C11H22O2S4Te/c1-8(12-14)6-16-10-4-3-5-11(18-10)17-7-9(2)13-15/h8-11,14-15H,3-7H2,1-2H3. The molecule has 4 atom stereocenters. The van der Waals surface area contributed by atoms with Crippen molar-refractivity contribution in [3.8, 4) is 0 Å². The Morgan fingerprint density at radius 3 is 1.89 bits per heavy atom. The molecule has 4 unspecified atom stereocenters. The molecule has 0 spiro atoms. The van der Waals surface area contributed by atoms with E-state index in [1.807, 2.05) is 0 Å². The first kappa shape index (κ1) is 18.2. The van der Waals surface area contributed by atoms with Gasteiger partial charge in [-0.2, -0.15) is 0 Å². The van der Waals surface area contributed by atoms with Crippen molar-refractivity contribution in [1.29, 1.82) is 0 Å². The quantitative estimate of drug-likeness (QED) is 0.341. The molecule has 1 aliphatic rings. The van der Waals surface area contributed by atoms with Gasteiger partial charge in [0.1, 0.15) is 0 Å². The van der Waals surface area contributed by atoms with Crippen molar-refractivity contribution in [3.05, 3.63) is 0 Å². The van der Waals surface area contributed by atoms with Crippen LogP contribution >= 0.6 is 49.3 Å². The van der Waals surface area contributed by atoms with Gasteiger partial charge >= 0.3 is 142 Å². The second kappa shape index (κ2) is 10.8. The molecule has 108 valence electrons. The maximum atomic E-state index is 5.02. The minimum atomic E-state index is 0.0842. The Balaban J connectivity index is 2.19. The molecule has 1 saturated heterocycles. The van der Waals surface area contributed by atoms with Gasteiger partial charge in [-0.3, -0.25) is 0 Å². The van der Waals surface area contributed by atoms with E-state index in [0.717, 1.165) is 18.1 Å². The summed E-state index contributed by atoms with van der Waals surface area (Å²) in [5.41, 5.74) is 0. The van der Waals surface area contributed by atoms with E-state index in [1.165, 1.54) is 19.3 Å². The molecule has 1 heterocycles. The van der Waals surface area contributed by atoms with Gasteiger partial charge in [0.25, 0.3) is 0 Å². The first-order valence-electron chi connectivity index (χ1n) is 6.14. The predicted molar refractivity (Wildman–Crippen MR) is 91.2 cm³/mol. The molecule has 2 nitrogen and oxygen atoms in total. The van der Waals surface area contributed by atoms with Crippen LogP contribution in [0.4, 0.5) is 0 Å². The van der Waals surface area contributed by atoms with Gasteiger partial charge in [0.15, 0.2) is 0 Å². The van der Waals surface area contributed by atoms with Crippen LogP contribution in [0, 0.1) is 0 Å². The fraction of sp³-hybridized carbons (Fsp3) is 1.00. The van der Waals surface area contributed by atoms with Gasteiger partial charge in [0, 0.05) is 0 Å². The van der Waals surface area contributed by atoms with Gasteiger partial charge in [0.2, 0.25) is 0 Å². The average Bonchev–Trinajstić information content (AvgIpc) is 2.42. The van der Waals surface area contributed by atoms with Crippen LogP contribution in [0.3, 0.4) is 0 Å². The Bertz CT molecular complexity index is 203. The summed E-state index contributed by atoms with van der Waals surface area (Å²) in [5, 5.41) is 0. The van der Waals surface area contributed by atoms with Gasteiger partial charge in [-0.1, -0.05) is 0 Å². The van der Waals surface area contributed by atoms with Crippen molar-refractivity contribution in [1.82, 2.24) is 0 Å². The minimum absolute atomic E-state index is 0.0842. The van der Waals surface area contributed by atoms with E-state index < -0.39 is 0 Å². The van der Waals surface area contributed by atoms with Crippen LogP contribution in [0.25, 0.3) is 0 Å². The monoisotopic (exact) mass is 444 g/mol. The summed E-state index contributed by atoms with van der Waals surface area (Å²) < 4.78 is 11.9. The number of rotatable bonds is 8. The first-order valence-corrected chi connectivity index (χ1v) is 11.7. The van der Waals surface area contributed by atoms with E-state index in [1.54, 1.807) is 0 Å². The molecule has 0 radical (unpaired) electrons. The van der Waals surface area contributed by atoms with Gasteiger partial charge < -0.3 is 0 Å². The zero-order chi connectivity index (χ0) is 13.4. The van der Waals surface area contributed by atoms with Gasteiger partial charge in [-0.15, -0.1) is 0 Å². The Kier molecular flexibility index (Phi) is 10.9. The Labute approximate surface area is 141 Å². The molecule has 1 rings (SSSR count). The van der Waals surface area contributed by atoms with Crippen molar-refractivity contribution in [2.75, 3.05) is 11.5 Å². The number of thiol groups is 2. The molecular formula is C11H22O2S4Te. The topological polar surface area (TPSA) is 18.5 Å². The average molecular weight is 442 g/mol. The molecule has 1 aliphatic heterocycles. The maximum absolute atomic E-state index is 5.02. The van der Waals surface area contributed by atoms with Gasteiger partial charge in [-0.05, 0) is 0 Å². The van der Waals surface area contributed by atoms with E-state index in [9.17, 15) is 0 Å². The van der Waals surface area contributed by atoms with Crippen molar-refractivity contribution < 1.29 is 8.37 Å². The third-order valence-corrected chi connectivity index (χ3v) is 12.7. The molecule has 0 amide bonds. The molecule has 7 heteroatoms. The third kappa shape index (κ3) is 7.78. The third-order valence-electron chi connectivity index (χ3n) is 2.58. The van der Waals surface area contributed by atoms with Crippen LogP contribution in [-0.4, -0.2) is 51.2 Å². The molecule has 18 heavy (non-hydrogen) atoms. The van der Waals surface area contributed by atoms with E-state index in [0.29, 0.717) is 0 Å². The van der Waals surface area contributed by atoms with Gasteiger partial charge in [-0.25, -0.2) is 0 Å². The zero-order valence-corrected chi connectivity index (χ0v) is 16.5. The molecule has 0 aliphatic carbocycles. The Morgan fingerprint density at radius 1 is 1.06 bits per heavy atom.